The maximum atomic E-state index is 11.2. The number of benzene rings is 1. The number of fused-ring (bicyclic) bond motifs is 1. The van der Waals surface area contributed by atoms with Gasteiger partial charge in [-0.25, -0.2) is 4.68 Å². The van der Waals surface area contributed by atoms with Crippen LogP contribution in [-0.2, 0) is 17.9 Å². The summed E-state index contributed by atoms with van der Waals surface area (Å²) in [5, 5.41) is 8.34. The molecule has 0 fully saturated rings. The van der Waals surface area contributed by atoms with E-state index in [1.165, 1.54) is 0 Å². The van der Waals surface area contributed by atoms with Gasteiger partial charge >= 0.3 is 0 Å². The van der Waals surface area contributed by atoms with Gasteiger partial charge in [-0.05, 0) is 6.07 Å². The molecule has 0 bridgehead atoms. The zero-order valence-electron chi connectivity index (χ0n) is 9.91. The number of amides is 1. The lowest BCUT2D eigenvalue weighted by Crippen LogP contribution is -2.24. The second-order valence-corrected chi connectivity index (χ2v) is 4.66. The molecule has 6 nitrogen and oxygen atoms in total. The third kappa shape index (κ3) is 2.09. The molecule has 1 aliphatic heterocycles. The molecule has 1 aromatic heterocycles. The summed E-state index contributed by atoms with van der Waals surface area (Å²) in [6.07, 6.45) is -0.205. The Morgan fingerprint density at radius 3 is 3.00 bits per heavy atom. The largest absolute Gasteiger partial charge is 0.365 e. The first-order valence-electron chi connectivity index (χ1n) is 5.75. The van der Waals surface area contributed by atoms with Crippen molar-refractivity contribution in [2.45, 2.75) is 19.3 Å². The lowest BCUT2D eigenvalue weighted by molar-refractivity contribution is -0.00167. The predicted molar refractivity (Wildman–Crippen MR) is 67.5 cm³/mol. The summed E-state index contributed by atoms with van der Waals surface area (Å²) in [6, 6.07) is 7.48. The van der Waals surface area contributed by atoms with E-state index in [0.29, 0.717) is 17.3 Å². The number of primary amides is 1. The van der Waals surface area contributed by atoms with Crippen LogP contribution in [-0.4, -0.2) is 20.9 Å². The van der Waals surface area contributed by atoms with Gasteiger partial charge in [0.05, 0.1) is 18.8 Å². The molecule has 98 valence electrons. The van der Waals surface area contributed by atoms with Gasteiger partial charge < -0.3 is 10.5 Å². The van der Waals surface area contributed by atoms with E-state index < -0.39 is 5.91 Å². The standard InChI is InChI=1S/C12H11ClN4O2/c13-8-4-2-1-3-7(8)10-5-17-9(6-19-10)11(12(14)18)15-16-17/h1-4,10H,5-6H2,(H2,14,18). The van der Waals surface area contributed by atoms with Crippen molar-refractivity contribution in [2.75, 3.05) is 0 Å². The highest BCUT2D eigenvalue weighted by atomic mass is 35.5. The zero-order chi connectivity index (χ0) is 13.4. The minimum atomic E-state index is -0.596. The van der Waals surface area contributed by atoms with Crippen LogP contribution in [0.2, 0.25) is 5.02 Å². The first kappa shape index (κ1) is 12.1. The van der Waals surface area contributed by atoms with Crippen molar-refractivity contribution >= 4 is 17.5 Å². The van der Waals surface area contributed by atoms with Crippen LogP contribution in [0.25, 0.3) is 0 Å². The highest BCUT2D eigenvalue weighted by molar-refractivity contribution is 6.31. The van der Waals surface area contributed by atoms with Crippen molar-refractivity contribution < 1.29 is 9.53 Å². The van der Waals surface area contributed by atoms with Crippen molar-refractivity contribution in [1.82, 2.24) is 15.0 Å². The third-order valence-corrected chi connectivity index (χ3v) is 3.43. The summed E-state index contributed by atoms with van der Waals surface area (Å²) >= 11 is 6.14. The van der Waals surface area contributed by atoms with Crippen molar-refractivity contribution in [3.05, 3.63) is 46.2 Å². The highest BCUT2D eigenvalue weighted by Gasteiger charge is 2.27. The molecule has 1 aromatic carbocycles. The molecule has 1 aliphatic rings. The Labute approximate surface area is 114 Å². The smallest absolute Gasteiger partial charge is 0.271 e. The number of nitrogens with zero attached hydrogens (tertiary/aromatic N) is 3. The lowest BCUT2D eigenvalue weighted by Gasteiger charge is -2.24. The SMILES string of the molecule is NC(=O)c1nnn2c1COC(c1ccccc1Cl)C2. The number of hydrogen-bond donors (Lipinski definition) is 1. The van der Waals surface area contributed by atoms with Gasteiger partial charge in [0.2, 0.25) is 0 Å². The van der Waals surface area contributed by atoms with Crippen LogP contribution >= 0.6 is 11.6 Å². The Hall–Kier alpha value is -1.92. The molecule has 0 saturated heterocycles. The van der Waals surface area contributed by atoms with Crippen LogP contribution in [0.15, 0.2) is 24.3 Å². The Kier molecular flexibility index (Phi) is 2.96. The molecule has 19 heavy (non-hydrogen) atoms. The maximum Gasteiger partial charge on any atom is 0.271 e. The molecule has 0 spiro atoms. The van der Waals surface area contributed by atoms with Gasteiger partial charge in [0, 0.05) is 10.6 Å². The fourth-order valence-corrected chi connectivity index (χ4v) is 2.38. The van der Waals surface area contributed by atoms with Crippen molar-refractivity contribution in [3.63, 3.8) is 0 Å². The predicted octanol–water partition coefficient (Wildman–Crippen LogP) is 1.30. The Morgan fingerprint density at radius 1 is 1.47 bits per heavy atom. The number of hydrogen-bond acceptors (Lipinski definition) is 4. The van der Waals surface area contributed by atoms with E-state index in [1.54, 1.807) is 4.68 Å². The lowest BCUT2D eigenvalue weighted by atomic mass is 10.1. The molecule has 7 heteroatoms. The summed E-state index contributed by atoms with van der Waals surface area (Å²) < 4.78 is 7.36. The molecule has 3 rings (SSSR count). The average Bonchev–Trinajstić information content (AvgIpc) is 2.82. The van der Waals surface area contributed by atoms with Gasteiger partial charge in [0.25, 0.3) is 5.91 Å². The van der Waals surface area contributed by atoms with Crippen LogP contribution < -0.4 is 5.73 Å². The van der Waals surface area contributed by atoms with Crippen molar-refractivity contribution in [3.8, 4) is 0 Å². The summed E-state index contributed by atoms with van der Waals surface area (Å²) in [7, 11) is 0. The molecule has 2 heterocycles. The fraction of sp³-hybridized carbons (Fsp3) is 0.250. The number of ether oxygens (including phenoxy) is 1. The quantitative estimate of drug-likeness (QED) is 0.897. The molecule has 0 radical (unpaired) electrons. The van der Waals surface area contributed by atoms with E-state index in [2.05, 4.69) is 10.3 Å². The Balaban J connectivity index is 1.91. The van der Waals surface area contributed by atoms with E-state index in [0.717, 1.165) is 5.56 Å². The van der Waals surface area contributed by atoms with Gasteiger partial charge in [-0.2, -0.15) is 0 Å². The van der Waals surface area contributed by atoms with E-state index in [-0.39, 0.29) is 18.4 Å². The van der Waals surface area contributed by atoms with Crippen LogP contribution in [0.4, 0.5) is 0 Å². The Morgan fingerprint density at radius 2 is 2.26 bits per heavy atom. The monoisotopic (exact) mass is 278 g/mol. The second-order valence-electron chi connectivity index (χ2n) is 4.25. The first-order valence-corrected chi connectivity index (χ1v) is 6.13. The van der Waals surface area contributed by atoms with Crippen LogP contribution in [0.1, 0.15) is 27.8 Å². The molecule has 1 atom stereocenters. The molecular weight excluding hydrogens is 268 g/mol. The van der Waals surface area contributed by atoms with Gasteiger partial charge in [-0.3, -0.25) is 4.79 Å². The van der Waals surface area contributed by atoms with Gasteiger partial charge in [-0.1, -0.05) is 35.0 Å². The number of nitrogens with two attached hydrogens (primary N) is 1. The normalized spacial score (nSPS) is 18.1. The molecular formula is C12H11ClN4O2. The minimum Gasteiger partial charge on any atom is -0.365 e. The van der Waals surface area contributed by atoms with E-state index in [4.69, 9.17) is 22.1 Å². The molecule has 0 aliphatic carbocycles. The van der Waals surface area contributed by atoms with Crippen LogP contribution in [0, 0.1) is 0 Å². The molecule has 2 aromatic rings. The highest BCUT2D eigenvalue weighted by Crippen LogP contribution is 2.31. The zero-order valence-corrected chi connectivity index (χ0v) is 10.7. The number of halogens is 1. The molecule has 1 amide bonds. The summed E-state index contributed by atoms with van der Waals surface area (Å²) in [4.78, 5) is 11.2. The maximum absolute atomic E-state index is 11.2. The number of rotatable bonds is 2. The summed E-state index contributed by atoms with van der Waals surface area (Å²) in [5.74, 6) is -0.596. The van der Waals surface area contributed by atoms with Gasteiger partial charge in [0.1, 0.15) is 6.10 Å². The number of carbonyl (C=O) groups excluding carboxylic acids is 1. The molecule has 1 unspecified atom stereocenters. The Bertz CT molecular complexity index is 640. The average molecular weight is 279 g/mol. The summed E-state index contributed by atoms with van der Waals surface area (Å²) in [6.45, 7) is 0.695. The van der Waals surface area contributed by atoms with Gasteiger partial charge in [0.15, 0.2) is 5.69 Å². The third-order valence-electron chi connectivity index (χ3n) is 3.08. The van der Waals surface area contributed by atoms with Crippen molar-refractivity contribution in [1.29, 1.82) is 0 Å². The number of carbonyl (C=O) groups is 1. The summed E-state index contributed by atoms with van der Waals surface area (Å²) in [5.41, 5.74) is 6.89. The van der Waals surface area contributed by atoms with E-state index >= 15 is 0 Å². The van der Waals surface area contributed by atoms with E-state index in [1.807, 2.05) is 24.3 Å². The van der Waals surface area contributed by atoms with Crippen LogP contribution in [0.3, 0.4) is 0 Å². The van der Waals surface area contributed by atoms with E-state index in [9.17, 15) is 4.79 Å². The van der Waals surface area contributed by atoms with Crippen molar-refractivity contribution in [2.24, 2.45) is 5.73 Å². The molecule has 2 N–H and O–H groups in total. The van der Waals surface area contributed by atoms with Crippen LogP contribution in [0.5, 0.6) is 0 Å². The minimum absolute atomic E-state index is 0.164. The fourth-order valence-electron chi connectivity index (χ4n) is 2.13. The molecule has 0 saturated carbocycles. The topological polar surface area (TPSA) is 83.0 Å². The van der Waals surface area contributed by atoms with Gasteiger partial charge in [-0.15, -0.1) is 5.10 Å². The second kappa shape index (κ2) is 4.64. The first-order chi connectivity index (χ1) is 9.16. The number of aromatic nitrogens is 3.